The fourth-order valence-electron chi connectivity index (χ4n) is 1.65. The van der Waals surface area contributed by atoms with Crippen molar-refractivity contribution >= 4 is 11.8 Å². The number of carbonyl (C=O) groups is 2. The summed E-state index contributed by atoms with van der Waals surface area (Å²) in [5.74, 6) is -0.496. The third-order valence-electron chi connectivity index (χ3n) is 2.60. The first-order chi connectivity index (χ1) is 8.16. The molecule has 0 bridgehead atoms. The van der Waals surface area contributed by atoms with Crippen molar-refractivity contribution in [2.24, 2.45) is 0 Å². The molecule has 0 spiro atoms. The van der Waals surface area contributed by atoms with Crippen LogP contribution in [0.25, 0.3) is 0 Å². The zero-order valence-corrected chi connectivity index (χ0v) is 9.56. The molecule has 1 saturated heterocycles. The lowest BCUT2D eigenvalue weighted by Crippen LogP contribution is -2.50. The smallest absolute Gasteiger partial charge is 0.272 e. The van der Waals surface area contributed by atoms with E-state index in [-0.39, 0.29) is 17.5 Å². The van der Waals surface area contributed by atoms with Gasteiger partial charge in [-0.05, 0) is 19.8 Å². The van der Waals surface area contributed by atoms with E-state index in [1.807, 2.05) is 0 Å². The number of amides is 2. The first-order valence-electron chi connectivity index (χ1n) is 5.54. The van der Waals surface area contributed by atoms with Crippen LogP contribution in [-0.2, 0) is 4.79 Å². The number of aryl methyl sites for hydroxylation is 1. The molecule has 0 aromatic carbocycles. The van der Waals surface area contributed by atoms with Crippen molar-refractivity contribution in [2.45, 2.75) is 25.8 Å². The Balaban J connectivity index is 2.01. The van der Waals surface area contributed by atoms with Crippen LogP contribution in [0.3, 0.4) is 0 Å². The number of piperidine rings is 1. The summed E-state index contributed by atoms with van der Waals surface area (Å²) in [6.07, 6.45) is 4.47. The van der Waals surface area contributed by atoms with Gasteiger partial charge in [0.1, 0.15) is 11.7 Å². The lowest BCUT2D eigenvalue weighted by molar-refractivity contribution is -0.124. The molecule has 2 N–H and O–H groups in total. The molecule has 1 atom stereocenters. The van der Waals surface area contributed by atoms with Gasteiger partial charge >= 0.3 is 0 Å². The van der Waals surface area contributed by atoms with Crippen LogP contribution in [0.2, 0.25) is 0 Å². The molecule has 2 heterocycles. The topological polar surface area (TPSA) is 84.0 Å². The van der Waals surface area contributed by atoms with Crippen molar-refractivity contribution in [1.82, 2.24) is 20.6 Å². The zero-order chi connectivity index (χ0) is 12.3. The average Bonchev–Trinajstić information content (AvgIpc) is 2.33. The van der Waals surface area contributed by atoms with Crippen molar-refractivity contribution in [2.75, 3.05) is 6.54 Å². The number of nitrogens with zero attached hydrogens (tertiary/aromatic N) is 2. The molecule has 6 nitrogen and oxygen atoms in total. The molecule has 0 saturated carbocycles. The van der Waals surface area contributed by atoms with E-state index in [0.29, 0.717) is 13.0 Å². The minimum atomic E-state index is -0.459. The molecule has 1 aromatic rings. The fraction of sp³-hybridized carbons (Fsp3) is 0.455. The van der Waals surface area contributed by atoms with Gasteiger partial charge in [0.2, 0.25) is 5.91 Å². The van der Waals surface area contributed by atoms with Gasteiger partial charge in [0, 0.05) is 12.7 Å². The number of carbonyl (C=O) groups excluding carboxylic acids is 2. The molecule has 0 aliphatic carbocycles. The van der Waals surface area contributed by atoms with E-state index in [1.54, 1.807) is 6.92 Å². The molecule has 2 rings (SSSR count). The number of hydrogen-bond donors (Lipinski definition) is 2. The Morgan fingerprint density at radius 1 is 1.47 bits per heavy atom. The van der Waals surface area contributed by atoms with E-state index < -0.39 is 6.04 Å². The Morgan fingerprint density at radius 3 is 2.94 bits per heavy atom. The monoisotopic (exact) mass is 234 g/mol. The highest BCUT2D eigenvalue weighted by atomic mass is 16.2. The summed E-state index contributed by atoms with van der Waals surface area (Å²) in [4.78, 5) is 31.2. The van der Waals surface area contributed by atoms with E-state index in [2.05, 4.69) is 20.6 Å². The Hall–Kier alpha value is -1.98. The highest BCUT2D eigenvalue weighted by Crippen LogP contribution is 2.04. The number of aromatic nitrogens is 2. The summed E-state index contributed by atoms with van der Waals surface area (Å²) in [5, 5.41) is 5.36. The fourth-order valence-corrected chi connectivity index (χ4v) is 1.65. The summed E-state index contributed by atoms with van der Waals surface area (Å²) >= 11 is 0. The molecule has 1 aromatic heterocycles. The van der Waals surface area contributed by atoms with Crippen LogP contribution in [0.1, 0.15) is 29.0 Å². The Morgan fingerprint density at radius 2 is 2.29 bits per heavy atom. The van der Waals surface area contributed by atoms with Crippen molar-refractivity contribution in [1.29, 1.82) is 0 Å². The molecular weight excluding hydrogens is 220 g/mol. The number of nitrogens with one attached hydrogen (secondary N) is 2. The van der Waals surface area contributed by atoms with E-state index in [0.717, 1.165) is 12.1 Å². The second kappa shape index (κ2) is 4.90. The van der Waals surface area contributed by atoms with Gasteiger partial charge in [-0.1, -0.05) is 0 Å². The Labute approximate surface area is 98.8 Å². The number of hydrogen-bond acceptors (Lipinski definition) is 4. The minimum absolute atomic E-state index is 0.135. The van der Waals surface area contributed by atoms with Gasteiger partial charge in [-0.3, -0.25) is 14.6 Å². The molecule has 2 amide bonds. The van der Waals surface area contributed by atoms with Crippen molar-refractivity contribution in [3.05, 3.63) is 23.8 Å². The molecular formula is C11H14N4O2. The summed E-state index contributed by atoms with van der Waals surface area (Å²) in [6.45, 7) is 2.47. The Bertz CT molecular complexity index is 430. The van der Waals surface area contributed by atoms with Crippen LogP contribution in [0.5, 0.6) is 0 Å². The van der Waals surface area contributed by atoms with E-state index in [9.17, 15) is 9.59 Å². The highest BCUT2D eigenvalue weighted by molar-refractivity contribution is 5.96. The molecule has 1 aliphatic heterocycles. The van der Waals surface area contributed by atoms with Gasteiger partial charge in [-0.15, -0.1) is 0 Å². The maximum Gasteiger partial charge on any atom is 0.272 e. The SMILES string of the molecule is Cc1cnc(C(=O)NC2CCCNC2=O)cn1. The normalized spacial score (nSPS) is 19.6. The van der Waals surface area contributed by atoms with Gasteiger partial charge in [0.25, 0.3) is 5.91 Å². The third kappa shape index (κ3) is 2.77. The summed E-state index contributed by atoms with van der Waals surface area (Å²) in [7, 11) is 0. The molecule has 1 fully saturated rings. The summed E-state index contributed by atoms with van der Waals surface area (Å²) in [6, 6.07) is -0.459. The molecule has 6 heteroatoms. The van der Waals surface area contributed by atoms with Crippen LogP contribution in [0.15, 0.2) is 12.4 Å². The second-order valence-electron chi connectivity index (χ2n) is 4.00. The quantitative estimate of drug-likeness (QED) is 0.741. The predicted molar refractivity (Wildman–Crippen MR) is 60.3 cm³/mol. The van der Waals surface area contributed by atoms with Crippen LogP contribution < -0.4 is 10.6 Å². The molecule has 17 heavy (non-hydrogen) atoms. The lowest BCUT2D eigenvalue weighted by atomic mass is 10.1. The van der Waals surface area contributed by atoms with Gasteiger partial charge in [-0.25, -0.2) is 4.98 Å². The summed E-state index contributed by atoms with van der Waals surface area (Å²) < 4.78 is 0. The first kappa shape index (κ1) is 11.5. The first-order valence-corrected chi connectivity index (χ1v) is 5.54. The maximum atomic E-state index is 11.8. The van der Waals surface area contributed by atoms with Crippen LogP contribution >= 0.6 is 0 Å². The largest absolute Gasteiger partial charge is 0.354 e. The van der Waals surface area contributed by atoms with Crippen molar-refractivity contribution in [3.8, 4) is 0 Å². The van der Waals surface area contributed by atoms with Crippen LogP contribution in [-0.4, -0.2) is 34.4 Å². The van der Waals surface area contributed by atoms with Gasteiger partial charge in [0.05, 0.1) is 11.9 Å². The second-order valence-corrected chi connectivity index (χ2v) is 4.00. The van der Waals surface area contributed by atoms with Gasteiger partial charge in [-0.2, -0.15) is 0 Å². The molecule has 90 valence electrons. The van der Waals surface area contributed by atoms with E-state index in [1.165, 1.54) is 12.4 Å². The van der Waals surface area contributed by atoms with Gasteiger partial charge < -0.3 is 10.6 Å². The number of rotatable bonds is 2. The maximum absolute atomic E-state index is 11.8. The Kier molecular flexibility index (Phi) is 3.32. The van der Waals surface area contributed by atoms with E-state index >= 15 is 0 Å². The molecule has 0 radical (unpaired) electrons. The minimum Gasteiger partial charge on any atom is -0.354 e. The molecule has 1 aliphatic rings. The van der Waals surface area contributed by atoms with E-state index in [4.69, 9.17) is 0 Å². The van der Waals surface area contributed by atoms with Crippen molar-refractivity contribution < 1.29 is 9.59 Å². The standard InChI is InChI=1S/C11H14N4O2/c1-7-5-14-9(6-13-7)11(17)15-8-3-2-4-12-10(8)16/h5-6,8H,2-4H2,1H3,(H,12,16)(H,15,17). The van der Waals surface area contributed by atoms with Crippen molar-refractivity contribution in [3.63, 3.8) is 0 Å². The summed E-state index contributed by atoms with van der Waals surface area (Å²) in [5.41, 5.74) is 0.978. The predicted octanol–water partition coefficient (Wildman–Crippen LogP) is -0.207. The highest BCUT2D eigenvalue weighted by Gasteiger charge is 2.24. The average molecular weight is 234 g/mol. The zero-order valence-electron chi connectivity index (χ0n) is 9.56. The lowest BCUT2D eigenvalue weighted by Gasteiger charge is -2.22. The van der Waals surface area contributed by atoms with Gasteiger partial charge in [0.15, 0.2) is 0 Å². The van der Waals surface area contributed by atoms with Crippen LogP contribution in [0, 0.1) is 6.92 Å². The molecule has 1 unspecified atom stereocenters. The third-order valence-corrected chi connectivity index (χ3v) is 2.60. The van der Waals surface area contributed by atoms with Crippen LogP contribution in [0.4, 0.5) is 0 Å².